The van der Waals surface area contributed by atoms with E-state index in [9.17, 15) is 14.4 Å². The molecule has 0 atom stereocenters. The van der Waals surface area contributed by atoms with Crippen molar-refractivity contribution in [2.75, 3.05) is 26.2 Å². The highest BCUT2D eigenvalue weighted by Gasteiger charge is 2.28. The molecule has 0 radical (unpaired) electrons. The van der Waals surface area contributed by atoms with Crippen LogP contribution in [0.1, 0.15) is 30.1 Å². The normalized spacial score (nSPS) is 15.5. The van der Waals surface area contributed by atoms with Crippen LogP contribution in [0, 0.1) is 0 Å². The fraction of sp³-hybridized carbons (Fsp3) is 0.438. The number of amides is 2. The van der Waals surface area contributed by atoms with Crippen molar-refractivity contribution >= 4 is 17.6 Å². The van der Waals surface area contributed by atoms with Gasteiger partial charge in [-0.25, -0.2) is 0 Å². The summed E-state index contributed by atoms with van der Waals surface area (Å²) in [5, 5.41) is 0. The van der Waals surface area contributed by atoms with Gasteiger partial charge in [0, 0.05) is 25.1 Å². The van der Waals surface area contributed by atoms with E-state index in [1.165, 1.54) is 0 Å². The second-order valence-corrected chi connectivity index (χ2v) is 5.12. The molecule has 1 heterocycles. The lowest BCUT2D eigenvalue weighted by Crippen LogP contribution is -2.53. The second-order valence-electron chi connectivity index (χ2n) is 5.12. The van der Waals surface area contributed by atoms with Crippen LogP contribution in [0.15, 0.2) is 30.3 Å². The Kier molecular flexibility index (Phi) is 5.09. The number of nitrogens with zero attached hydrogens (tertiary/aromatic N) is 2. The minimum absolute atomic E-state index is 0.0218. The maximum absolute atomic E-state index is 12.0. The average molecular weight is 288 g/mol. The summed E-state index contributed by atoms with van der Waals surface area (Å²) in [5.41, 5.74) is 0.690. The Morgan fingerprint density at radius 3 is 2.33 bits per heavy atom. The highest BCUT2D eigenvalue weighted by atomic mass is 16.2. The molecule has 0 bridgehead atoms. The van der Waals surface area contributed by atoms with E-state index in [0.717, 1.165) is 0 Å². The smallest absolute Gasteiger partial charge is 0.242 e. The lowest BCUT2D eigenvalue weighted by molar-refractivity contribution is -0.149. The molecule has 1 saturated heterocycles. The zero-order chi connectivity index (χ0) is 15.2. The van der Waals surface area contributed by atoms with E-state index in [1.807, 2.05) is 25.1 Å². The molecule has 112 valence electrons. The highest BCUT2D eigenvalue weighted by Crippen LogP contribution is 2.09. The molecule has 1 aromatic carbocycles. The molecule has 0 spiro atoms. The van der Waals surface area contributed by atoms with Crippen LogP contribution >= 0.6 is 0 Å². The predicted molar refractivity (Wildman–Crippen MR) is 78.8 cm³/mol. The van der Waals surface area contributed by atoms with Crippen molar-refractivity contribution in [2.45, 2.75) is 19.8 Å². The maximum Gasteiger partial charge on any atom is 0.242 e. The lowest BCUT2D eigenvalue weighted by atomic mass is 10.1. The molecular formula is C16H20N2O3. The number of piperazine rings is 1. The Labute approximate surface area is 124 Å². The SMILES string of the molecule is CCN1CC(=O)N(CCCC(=O)c2ccccc2)CC1=O. The summed E-state index contributed by atoms with van der Waals surface area (Å²) in [6.45, 7) is 3.17. The maximum atomic E-state index is 12.0. The van der Waals surface area contributed by atoms with E-state index >= 15 is 0 Å². The van der Waals surface area contributed by atoms with Crippen LogP contribution in [0.25, 0.3) is 0 Å². The monoisotopic (exact) mass is 288 g/mol. The van der Waals surface area contributed by atoms with Crippen molar-refractivity contribution in [3.63, 3.8) is 0 Å². The van der Waals surface area contributed by atoms with Gasteiger partial charge in [0.2, 0.25) is 11.8 Å². The molecule has 5 heteroatoms. The fourth-order valence-electron chi connectivity index (χ4n) is 2.39. The molecule has 0 saturated carbocycles. The van der Waals surface area contributed by atoms with Gasteiger partial charge in [-0.15, -0.1) is 0 Å². The third-order valence-electron chi connectivity index (χ3n) is 3.67. The molecule has 1 aliphatic heterocycles. The minimum atomic E-state index is -0.0383. The van der Waals surface area contributed by atoms with Crippen LogP contribution in [0.3, 0.4) is 0 Å². The third kappa shape index (κ3) is 3.90. The lowest BCUT2D eigenvalue weighted by Gasteiger charge is -2.33. The molecule has 2 rings (SSSR count). The summed E-state index contributed by atoms with van der Waals surface area (Å²) < 4.78 is 0. The van der Waals surface area contributed by atoms with Crippen molar-refractivity contribution in [3.05, 3.63) is 35.9 Å². The Morgan fingerprint density at radius 1 is 1.05 bits per heavy atom. The number of benzene rings is 1. The van der Waals surface area contributed by atoms with Gasteiger partial charge in [0.25, 0.3) is 0 Å². The quantitative estimate of drug-likeness (QED) is 0.742. The van der Waals surface area contributed by atoms with Gasteiger partial charge in [0.05, 0.1) is 13.1 Å². The highest BCUT2D eigenvalue weighted by molar-refractivity contribution is 5.96. The molecule has 5 nitrogen and oxygen atoms in total. The van der Waals surface area contributed by atoms with Gasteiger partial charge in [0.15, 0.2) is 5.78 Å². The molecule has 1 fully saturated rings. The topological polar surface area (TPSA) is 57.7 Å². The Morgan fingerprint density at radius 2 is 1.67 bits per heavy atom. The van der Waals surface area contributed by atoms with Crippen LogP contribution in [0.5, 0.6) is 0 Å². The van der Waals surface area contributed by atoms with Crippen LogP contribution in [0.2, 0.25) is 0 Å². The van der Waals surface area contributed by atoms with Gasteiger partial charge < -0.3 is 9.80 Å². The number of Topliss-reactive ketones (excluding diaryl/α,β-unsaturated/α-hetero) is 1. The van der Waals surface area contributed by atoms with E-state index < -0.39 is 0 Å². The minimum Gasteiger partial charge on any atom is -0.332 e. The van der Waals surface area contributed by atoms with Gasteiger partial charge in [0.1, 0.15) is 0 Å². The van der Waals surface area contributed by atoms with Crippen molar-refractivity contribution in [2.24, 2.45) is 0 Å². The summed E-state index contributed by atoms with van der Waals surface area (Å²) in [6, 6.07) is 9.11. The molecule has 0 unspecified atom stereocenters. The standard InChI is InChI=1S/C16H20N2O3/c1-2-17-11-16(21)18(12-15(17)20)10-6-9-14(19)13-7-4-3-5-8-13/h3-5,7-8H,2,6,9-12H2,1H3. The first-order valence-corrected chi connectivity index (χ1v) is 7.25. The third-order valence-corrected chi connectivity index (χ3v) is 3.67. The first kappa shape index (κ1) is 15.2. The Bertz CT molecular complexity index is 528. The van der Waals surface area contributed by atoms with Gasteiger partial charge >= 0.3 is 0 Å². The number of rotatable bonds is 6. The molecule has 0 aromatic heterocycles. The second kappa shape index (κ2) is 7.02. The Balaban J connectivity index is 1.80. The van der Waals surface area contributed by atoms with Crippen LogP contribution in [-0.2, 0) is 9.59 Å². The molecular weight excluding hydrogens is 268 g/mol. The first-order valence-electron chi connectivity index (χ1n) is 7.25. The summed E-state index contributed by atoms with van der Waals surface area (Å²) in [7, 11) is 0. The molecule has 0 aliphatic carbocycles. The van der Waals surface area contributed by atoms with Crippen molar-refractivity contribution < 1.29 is 14.4 Å². The number of carbonyl (C=O) groups excluding carboxylic acids is 3. The van der Waals surface area contributed by atoms with Crippen LogP contribution in [-0.4, -0.2) is 53.6 Å². The number of carbonyl (C=O) groups is 3. The van der Waals surface area contributed by atoms with Crippen LogP contribution in [0.4, 0.5) is 0 Å². The summed E-state index contributed by atoms with van der Waals surface area (Å²) in [5.74, 6) is 0.0108. The number of hydrogen-bond donors (Lipinski definition) is 0. The summed E-state index contributed by atoms with van der Waals surface area (Å²) in [6.07, 6.45) is 0.971. The average Bonchev–Trinajstić information content (AvgIpc) is 2.51. The van der Waals surface area contributed by atoms with Crippen molar-refractivity contribution in [1.29, 1.82) is 0 Å². The fourth-order valence-corrected chi connectivity index (χ4v) is 2.39. The van der Waals surface area contributed by atoms with Crippen molar-refractivity contribution in [3.8, 4) is 0 Å². The van der Waals surface area contributed by atoms with E-state index in [2.05, 4.69) is 0 Å². The largest absolute Gasteiger partial charge is 0.332 e. The zero-order valence-corrected chi connectivity index (χ0v) is 12.2. The number of ketones is 1. The molecule has 0 N–H and O–H groups in total. The van der Waals surface area contributed by atoms with Gasteiger partial charge in [-0.1, -0.05) is 30.3 Å². The van der Waals surface area contributed by atoms with E-state index in [-0.39, 0.29) is 30.7 Å². The molecule has 2 amide bonds. The van der Waals surface area contributed by atoms with E-state index in [1.54, 1.807) is 21.9 Å². The van der Waals surface area contributed by atoms with Gasteiger partial charge in [-0.2, -0.15) is 0 Å². The van der Waals surface area contributed by atoms with Gasteiger partial charge in [-0.05, 0) is 13.3 Å². The number of hydrogen-bond acceptors (Lipinski definition) is 3. The van der Waals surface area contributed by atoms with Gasteiger partial charge in [-0.3, -0.25) is 14.4 Å². The first-order chi connectivity index (χ1) is 10.1. The molecule has 1 aliphatic rings. The van der Waals surface area contributed by atoms with Crippen molar-refractivity contribution in [1.82, 2.24) is 9.80 Å². The molecule has 1 aromatic rings. The van der Waals surface area contributed by atoms with E-state index in [4.69, 9.17) is 0 Å². The predicted octanol–water partition coefficient (Wildman–Crippen LogP) is 1.34. The summed E-state index contributed by atoms with van der Waals surface area (Å²) in [4.78, 5) is 38.7. The summed E-state index contributed by atoms with van der Waals surface area (Å²) >= 11 is 0. The molecule has 21 heavy (non-hydrogen) atoms. The number of likely N-dealkylation sites (N-methyl/N-ethyl adjacent to an activating group) is 1. The zero-order valence-electron chi connectivity index (χ0n) is 12.2. The van der Waals surface area contributed by atoms with E-state index in [0.29, 0.717) is 31.5 Å². The Hall–Kier alpha value is -2.17. The van der Waals surface area contributed by atoms with Crippen LogP contribution < -0.4 is 0 Å².